The van der Waals surface area contributed by atoms with Gasteiger partial charge in [0.05, 0.1) is 11.5 Å². The molecule has 0 heterocycles. The van der Waals surface area contributed by atoms with Crippen LogP contribution in [-0.4, -0.2) is 31.1 Å². The molecule has 2 rings (SSSR count). The molecule has 0 amide bonds. The van der Waals surface area contributed by atoms with Crippen molar-refractivity contribution in [1.82, 2.24) is 4.90 Å². The fourth-order valence-electron chi connectivity index (χ4n) is 3.23. The second-order valence-corrected chi connectivity index (χ2v) is 8.30. The number of rotatable bonds is 6. The number of nitrogens with zero attached hydrogens (tertiary/aromatic N) is 1. The summed E-state index contributed by atoms with van der Waals surface area (Å²) in [6.07, 6.45) is -4.12. The van der Waals surface area contributed by atoms with Gasteiger partial charge in [-0.25, -0.2) is 17.6 Å². The molecule has 0 unspecified atom stereocenters. The van der Waals surface area contributed by atoms with Crippen LogP contribution in [0.15, 0.2) is 11.1 Å². The fourth-order valence-corrected chi connectivity index (χ4v) is 3.36. The lowest BCUT2D eigenvalue weighted by Gasteiger charge is -2.15. The van der Waals surface area contributed by atoms with Crippen LogP contribution in [0.5, 0.6) is 0 Å². The van der Waals surface area contributed by atoms with Crippen molar-refractivity contribution in [3.05, 3.63) is 45.5 Å². The largest absolute Gasteiger partial charge is 0.460 e. The van der Waals surface area contributed by atoms with Crippen molar-refractivity contribution in [2.24, 2.45) is 17.3 Å². The van der Waals surface area contributed by atoms with Gasteiger partial charge in [-0.3, -0.25) is 4.79 Å². The molecule has 0 bridgehead atoms. The molecule has 11 heteroatoms. The molecule has 1 aliphatic carbocycles. The van der Waals surface area contributed by atoms with Gasteiger partial charge in [-0.15, -0.1) is 0 Å². The SMILES string of the molecule is CN(C)Cc1c(F)c(F)c(COC(=O)[C@@H]2[C@H](C=C(Cl)C(F)(F)F)C2(C)C)c(F)c1F. The van der Waals surface area contributed by atoms with Crippen molar-refractivity contribution in [3.63, 3.8) is 0 Å². The predicted octanol–water partition coefficient (Wildman–Crippen LogP) is 5.31. The first-order chi connectivity index (χ1) is 13.6. The van der Waals surface area contributed by atoms with Gasteiger partial charge in [0.25, 0.3) is 0 Å². The first kappa shape index (κ1) is 24.5. The van der Waals surface area contributed by atoms with Crippen molar-refractivity contribution < 1.29 is 40.3 Å². The third-order valence-corrected chi connectivity index (χ3v) is 5.38. The van der Waals surface area contributed by atoms with E-state index in [9.17, 15) is 35.5 Å². The number of benzene rings is 1. The van der Waals surface area contributed by atoms with Crippen LogP contribution in [-0.2, 0) is 22.7 Å². The molecular weight excluding hydrogens is 443 g/mol. The van der Waals surface area contributed by atoms with E-state index in [1.54, 1.807) is 0 Å². The average Bonchev–Trinajstić information content (AvgIpc) is 3.16. The second-order valence-electron chi connectivity index (χ2n) is 7.90. The molecule has 0 radical (unpaired) electrons. The lowest BCUT2D eigenvalue weighted by atomic mass is 10.1. The highest BCUT2D eigenvalue weighted by Gasteiger charge is 2.62. The molecule has 2 atom stereocenters. The summed E-state index contributed by atoms with van der Waals surface area (Å²) in [5.41, 5.74) is -2.90. The van der Waals surface area contributed by atoms with Gasteiger partial charge in [0, 0.05) is 12.1 Å². The normalized spacial score (nSPS) is 21.2. The van der Waals surface area contributed by atoms with Crippen LogP contribution >= 0.6 is 11.6 Å². The smallest absolute Gasteiger partial charge is 0.426 e. The highest BCUT2D eigenvalue weighted by molar-refractivity contribution is 6.30. The zero-order valence-electron chi connectivity index (χ0n) is 16.4. The number of hydrogen-bond donors (Lipinski definition) is 0. The number of esters is 1. The minimum atomic E-state index is -4.79. The molecule has 0 aromatic heterocycles. The van der Waals surface area contributed by atoms with Gasteiger partial charge in [-0.2, -0.15) is 13.2 Å². The van der Waals surface area contributed by atoms with Gasteiger partial charge >= 0.3 is 12.1 Å². The Morgan fingerprint density at radius 1 is 1.07 bits per heavy atom. The van der Waals surface area contributed by atoms with Gasteiger partial charge < -0.3 is 9.64 Å². The van der Waals surface area contributed by atoms with E-state index < -0.39 is 82.0 Å². The average molecular weight is 462 g/mol. The Labute approximate surface area is 173 Å². The van der Waals surface area contributed by atoms with Crippen LogP contribution in [0.2, 0.25) is 0 Å². The summed E-state index contributed by atoms with van der Waals surface area (Å²) in [4.78, 5) is 13.5. The molecule has 1 aromatic rings. The summed E-state index contributed by atoms with van der Waals surface area (Å²) in [5.74, 6) is -9.69. The maximum absolute atomic E-state index is 14.2. The van der Waals surface area contributed by atoms with Crippen LogP contribution in [0.1, 0.15) is 25.0 Å². The fraction of sp³-hybridized carbons (Fsp3) is 0.526. The van der Waals surface area contributed by atoms with E-state index in [0.29, 0.717) is 6.08 Å². The Bertz CT molecular complexity index is 852. The number of hydrogen-bond acceptors (Lipinski definition) is 3. The van der Waals surface area contributed by atoms with Gasteiger partial charge in [0.15, 0.2) is 23.3 Å². The van der Waals surface area contributed by atoms with Crippen molar-refractivity contribution >= 4 is 17.6 Å². The van der Waals surface area contributed by atoms with E-state index in [4.69, 9.17) is 16.3 Å². The summed E-state index contributed by atoms with van der Waals surface area (Å²) in [5, 5.41) is -1.41. The third-order valence-electron chi connectivity index (χ3n) is 5.04. The zero-order chi connectivity index (χ0) is 23.2. The molecule has 0 saturated heterocycles. The highest BCUT2D eigenvalue weighted by atomic mass is 35.5. The molecule has 1 fully saturated rings. The highest BCUT2D eigenvalue weighted by Crippen LogP contribution is 2.60. The maximum atomic E-state index is 14.2. The molecular formula is C19H19ClF7NO2. The Morgan fingerprint density at radius 2 is 1.53 bits per heavy atom. The minimum absolute atomic E-state index is 0.407. The van der Waals surface area contributed by atoms with Gasteiger partial charge in [0.2, 0.25) is 0 Å². The molecule has 1 aliphatic rings. The topological polar surface area (TPSA) is 29.5 Å². The molecule has 3 nitrogen and oxygen atoms in total. The Balaban J connectivity index is 2.19. The number of carbonyl (C=O) groups excluding carboxylic acids is 1. The summed E-state index contributed by atoms with van der Waals surface area (Å²) in [6, 6.07) is 0. The lowest BCUT2D eigenvalue weighted by molar-refractivity contribution is -0.147. The standard InChI is InChI=1S/C19H19ClF7NO2/c1-18(2)10(5-11(20)19(25,26)27)12(18)17(29)30-7-9-15(23)13(21)8(6-28(3)4)14(22)16(9)24/h5,10,12H,6-7H2,1-4H3/t10-,12-/m0/s1. The van der Waals surface area contributed by atoms with E-state index in [1.165, 1.54) is 32.8 Å². The number of carbonyl (C=O) groups is 1. The monoisotopic (exact) mass is 461 g/mol. The van der Waals surface area contributed by atoms with Gasteiger partial charge in [0.1, 0.15) is 11.6 Å². The maximum Gasteiger partial charge on any atom is 0.426 e. The molecule has 0 aliphatic heterocycles. The molecule has 1 aromatic carbocycles. The van der Waals surface area contributed by atoms with E-state index in [0.717, 1.165) is 0 Å². The van der Waals surface area contributed by atoms with Crippen LogP contribution in [0, 0.1) is 40.5 Å². The van der Waals surface area contributed by atoms with Gasteiger partial charge in [-0.05, 0) is 25.4 Å². The Morgan fingerprint density at radius 3 is 1.97 bits per heavy atom. The number of alkyl halides is 3. The van der Waals surface area contributed by atoms with E-state index in [-0.39, 0.29) is 0 Å². The van der Waals surface area contributed by atoms with Crippen LogP contribution in [0.25, 0.3) is 0 Å². The lowest BCUT2D eigenvalue weighted by Crippen LogP contribution is -2.18. The van der Waals surface area contributed by atoms with Crippen molar-refractivity contribution in [2.45, 2.75) is 33.2 Å². The summed E-state index contributed by atoms with van der Waals surface area (Å²) in [7, 11) is 2.88. The second kappa shape index (κ2) is 8.37. The molecule has 30 heavy (non-hydrogen) atoms. The van der Waals surface area contributed by atoms with E-state index >= 15 is 0 Å². The number of ether oxygens (including phenoxy) is 1. The molecule has 1 saturated carbocycles. The first-order valence-electron chi connectivity index (χ1n) is 8.70. The summed E-state index contributed by atoms with van der Waals surface area (Å²) in [6.45, 7) is 1.44. The third kappa shape index (κ3) is 4.74. The minimum Gasteiger partial charge on any atom is -0.460 e. The quantitative estimate of drug-likeness (QED) is 0.327. The summed E-state index contributed by atoms with van der Waals surface area (Å²) >= 11 is 5.19. The molecule has 0 spiro atoms. The molecule has 168 valence electrons. The van der Waals surface area contributed by atoms with Crippen LogP contribution < -0.4 is 0 Å². The van der Waals surface area contributed by atoms with Crippen molar-refractivity contribution in [1.29, 1.82) is 0 Å². The van der Waals surface area contributed by atoms with Gasteiger partial charge in [-0.1, -0.05) is 31.5 Å². The van der Waals surface area contributed by atoms with Crippen molar-refractivity contribution in [3.8, 4) is 0 Å². The number of halogens is 8. The van der Waals surface area contributed by atoms with Crippen LogP contribution in [0.4, 0.5) is 30.7 Å². The Hall–Kier alpha value is -1.81. The predicted molar refractivity (Wildman–Crippen MR) is 94.2 cm³/mol. The summed E-state index contributed by atoms with van der Waals surface area (Å²) < 4.78 is 99.2. The van der Waals surface area contributed by atoms with E-state index in [2.05, 4.69) is 0 Å². The van der Waals surface area contributed by atoms with E-state index in [1.807, 2.05) is 0 Å². The first-order valence-corrected chi connectivity index (χ1v) is 9.08. The van der Waals surface area contributed by atoms with Crippen molar-refractivity contribution in [2.75, 3.05) is 14.1 Å². The molecule has 0 N–H and O–H groups in total. The Kier molecular flexibility index (Phi) is 6.83. The number of allylic oxidation sites excluding steroid dienone is 2. The zero-order valence-corrected chi connectivity index (χ0v) is 17.2. The van der Waals surface area contributed by atoms with Crippen LogP contribution in [0.3, 0.4) is 0 Å².